The highest BCUT2D eigenvalue weighted by Crippen LogP contribution is 2.07. The molecule has 0 radical (unpaired) electrons. The number of nitrogens with zero attached hydrogens (tertiary/aromatic N) is 1. The van der Waals surface area contributed by atoms with E-state index in [1.165, 1.54) is 6.26 Å². The number of rotatable bonds is 3. The van der Waals surface area contributed by atoms with Crippen LogP contribution in [0.15, 0.2) is 16.9 Å². The minimum Gasteiger partial charge on any atom is -0.364 e. The second-order valence-electron chi connectivity index (χ2n) is 3.40. The Labute approximate surface area is 94.0 Å². The summed E-state index contributed by atoms with van der Waals surface area (Å²) in [5.41, 5.74) is 0.754. The van der Waals surface area contributed by atoms with Gasteiger partial charge >= 0.3 is 0 Å². The molecule has 2 N–H and O–H groups in total. The maximum atomic E-state index is 11.5. The van der Waals surface area contributed by atoms with E-state index in [0.29, 0.717) is 6.54 Å². The molecule has 1 saturated heterocycles. The zero-order chi connectivity index (χ0) is 9.80. The van der Waals surface area contributed by atoms with Gasteiger partial charge < -0.3 is 15.2 Å². The molecule has 84 valence electrons. The molecule has 1 atom stereocenters. The van der Waals surface area contributed by atoms with Gasteiger partial charge in [0.1, 0.15) is 12.0 Å². The van der Waals surface area contributed by atoms with Gasteiger partial charge in [-0.3, -0.25) is 4.79 Å². The van der Waals surface area contributed by atoms with Gasteiger partial charge in [-0.05, 0) is 13.0 Å². The van der Waals surface area contributed by atoms with Crippen molar-refractivity contribution in [2.75, 3.05) is 13.1 Å². The third-order valence-corrected chi connectivity index (χ3v) is 2.37. The molecule has 0 unspecified atom stereocenters. The van der Waals surface area contributed by atoms with E-state index in [0.717, 1.165) is 25.2 Å². The molecule has 0 aromatic carbocycles. The Morgan fingerprint density at radius 3 is 3.20 bits per heavy atom. The van der Waals surface area contributed by atoms with Crippen LogP contribution in [-0.2, 0) is 11.3 Å². The van der Waals surface area contributed by atoms with Crippen molar-refractivity contribution in [2.24, 2.45) is 5.92 Å². The minimum absolute atomic E-state index is 0. The molecule has 1 aliphatic rings. The average Bonchev–Trinajstić information content (AvgIpc) is 2.87. The van der Waals surface area contributed by atoms with Crippen LogP contribution in [0.5, 0.6) is 0 Å². The molecule has 1 aromatic rings. The van der Waals surface area contributed by atoms with Crippen LogP contribution >= 0.6 is 12.4 Å². The van der Waals surface area contributed by atoms with Crippen molar-refractivity contribution in [1.82, 2.24) is 15.8 Å². The predicted molar refractivity (Wildman–Crippen MR) is 56.6 cm³/mol. The molecule has 6 heteroatoms. The van der Waals surface area contributed by atoms with E-state index in [-0.39, 0.29) is 24.2 Å². The van der Waals surface area contributed by atoms with Crippen LogP contribution in [0, 0.1) is 5.92 Å². The quantitative estimate of drug-likeness (QED) is 0.787. The standard InChI is InChI=1S/C9H13N3O2.ClH/c13-9(7-1-3-10-5-7)11-6-8-2-4-14-12-8;/h2,4,7,10H,1,3,5-6H2,(H,11,13);1H/t7-;/m1./s1. The summed E-state index contributed by atoms with van der Waals surface area (Å²) >= 11 is 0. The van der Waals surface area contributed by atoms with Gasteiger partial charge in [0.05, 0.1) is 12.5 Å². The highest BCUT2D eigenvalue weighted by atomic mass is 35.5. The van der Waals surface area contributed by atoms with Gasteiger partial charge in [0.15, 0.2) is 0 Å². The van der Waals surface area contributed by atoms with Crippen LogP contribution in [0.1, 0.15) is 12.1 Å². The Hall–Kier alpha value is -1.07. The SMILES string of the molecule is Cl.O=C(NCc1ccon1)[C@@H]1CCNC1. The fourth-order valence-corrected chi connectivity index (χ4v) is 1.53. The van der Waals surface area contributed by atoms with Gasteiger partial charge in [-0.1, -0.05) is 5.16 Å². The van der Waals surface area contributed by atoms with Gasteiger partial charge in [-0.15, -0.1) is 12.4 Å². The second-order valence-corrected chi connectivity index (χ2v) is 3.40. The number of hydrogen-bond donors (Lipinski definition) is 2. The van der Waals surface area contributed by atoms with Gasteiger partial charge in [-0.2, -0.15) is 0 Å². The summed E-state index contributed by atoms with van der Waals surface area (Å²) in [6.07, 6.45) is 2.42. The van der Waals surface area contributed by atoms with Crippen LogP contribution in [0.2, 0.25) is 0 Å². The summed E-state index contributed by atoms with van der Waals surface area (Å²) in [7, 11) is 0. The van der Waals surface area contributed by atoms with Crippen molar-refractivity contribution >= 4 is 18.3 Å². The van der Waals surface area contributed by atoms with E-state index in [2.05, 4.69) is 20.3 Å². The Bertz CT molecular complexity index is 296. The van der Waals surface area contributed by atoms with E-state index in [4.69, 9.17) is 0 Å². The molecular formula is C9H14ClN3O2. The maximum Gasteiger partial charge on any atom is 0.224 e. The lowest BCUT2D eigenvalue weighted by molar-refractivity contribution is -0.124. The molecule has 1 aliphatic heterocycles. The largest absolute Gasteiger partial charge is 0.364 e. The summed E-state index contributed by atoms with van der Waals surface area (Å²) in [6.45, 7) is 2.17. The number of nitrogens with one attached hydrogen (secondary N) is 2. The first-order valence-electron chi connectivity index (χ1n) is 4.74. The molecule has 0 spiro atoms. The second kappa shape index (κ2) is 5.72. The van der Waals surface area contributed by atoms with Crippen LogP contribution in [-0.4, -0.2) is 24.2 Å². The monoisotopic (exact) mass is 231 g/mol. The molecule has 15 heavy (non-hydrogen) atoms. The van der Waals surface area contributed by atoms with E-state index in [9.17, 15) is 4.79 Å². The first-order valence-corrected chi connectivity index (χ1v) is 4.74. The number of aromatic nitrogens is 1. The molecule has 0 saturated carbocycles. The molecule has 5 nitrogen and oxygen atoms in total. The summed E-state index contributed by atoms with van der Waals surface area (Å²) in [5.74, 6) is 0.208. The summed E-state index contributed by atoms with van der Waals surface area (Å²) < 4.78 is 4.66. The molecule has 2 heterocycles. The summed E-state index contributed by atoms with van der Waals surface area (Å²) in [4.78, 5) is 11.5. The molecule has 0 bridgehead atoms. The Morgan fingerprint density at radius 1 is 1.73 bits per heavy atom. The highest BCUT2D eigenvalue weighted by Gasteiger charge is 2.21. The summed E-state index contributed by atoms with van der Waals surface area (Å²) in [6, 6.07) is 1.74. The fraction of sp³-hybridized carbons (Fsp3) is 0.556. The highest BCUT2D eigenvalue weighted by molar-refractivity contribution is 5.85. The molecular weight excluding hydrogens is 218 g/mol. The summed E-state index contributed by atoms with van der Waals surface area (Å²) in [5, 5.41) is 9.69. The number of hydrogen-bond acceptors (Lipinski definition) is 4. The number of halogens is 1. The minimum atomic E-state index is 0. The van der Waals surface area contributed by atoms with E-state index >= 15 is 0 Å². The fourth-order valence-electron chi connectivity index (χ4n) is 1.53. The smallest absolute Gasteiger partial charge is 0.224 e. The zero-order valence-corrected chi connectivity index (χ0v) is 9.05. The molecule has 0 aliphatic carbocycles. The van der Waals surface area contributed by atoms with Gasteiger partial charge in [-0.25, -0.2) is 0 Å². The van der Waals surface area contributed by atoms with Gasteiger partial charge in [0.2, 0.25) is 5.91 Å². The van der Waals surface area contributed by atoms with Crippen molar-refractivity contribution in [1.29, 1.82) is 0 Å². The lowest BCUT2D eigenvalue weighted by atomic mass is 10.1. The van der Waals surface area contributed by atoms with Crippen molar-refractivity contribution in [3.8, 4) is 0 Å². The number of amides is 1. The lowest BCUT2D eigenvalue weighted by Crippen LogP contribution is -2.31. The van der Waals surface area contributed by atoms with E-state index in [1.807, 2.05) is 0 Å². The predicted octanol–water partition coefficient (Wildman–Crippen LogP) is 0.322. The Morgan fingerprint density at radius 2 is 2.60 bits per heavy atom. The van der Waals surface area contributed by atoms with Crippen LogP contribution in [0.3, 0.4) is 0 Å². The van der Waals surface area contributed by atoms with Gasteiger partial charge in [0.25, 0.3) is 0 Å². The van der Waals surface area contributed by atoms with Crippen molar-refractivity contribution in [3.63, 3.8) is 0 Å². The maximum absolute atomic E-state index is 11.5. The first-order chi connectivity index (χ1) is 6.86. The third kappa shape index (κ3) is 3.21. The number of carbonyl (C=O) groups is 1. The molecule has 1 amide bonds. The van der Waals surface area contributed by atoms with Crippen LogP contribution in [0.25, 0.3) is 0 Å². The average molecular weight is 232 g/mol. The van der Waals surface area contributed by atoms with Crippen molar-refractivity contribution in [2.45, 2.75) is 13.0 Å². The molecule has 1 aromatic heterocycles. The molecule has 1 fully saturated rings. The normalized spacial score (nSPS) is 19.6. The first kappa shape index (κ1) is 12.0. The third-order valence-electron chi connectivity index (χ3n) is 2.37. The van der Waals surface area contributed by atoms with Crippen LogP contribution < -0.4 is 10.6 Å². The van der Waals surface area contributed by atoms with Crippen molar-refractivity contribution < 1.29 is 9.32 Å². The topological polar surface area (TPSA) is 67.2 Å². The lowest BCUT2D eigenvalue weighted by Gasteiger charge is -2.07. The Kier molecular flexibility index (Phi) is 4.58. The molecule has 2 rings (SSSR count). The van der Waals surface area contributed by atoms with Crippen molar-refractivity contribution in [3.05, 3.63) is 18.0 Å². The van der Waals surface area contributed by atoms with Gasteiger partial charge in [0, 0.05) is 12.6 Å². The van der Waals surface area contributed by atoms with E-state index < -0.39 is 0 Å². The Balaban J connectivity index is 0.00000112. The van der Waals surface area contributed by atoms with E-state index in [1.54, 1.807) is 6.07 Å². The zero-order valence-electron chi connectivity index (χ0n) is 8.23. The van der Waals surface area contributed by atoms with Crippen LogP contribution in [0.4, 0.5) is 0 Å². The number of carbonyl (C=O) groups excluding carboxylic acids is 1.